The summed E-state index contributed by atoms with van der Waals surface area (Å²) >= 11 is 0. The van der Waals surface area contributed by atoms with Gasteiger partial charge in [0.1, 0.15) is 0 Å². The van der Waals surface area contributed by atoms with Crippen molar-refractivity contribution >= 4 is 0 Å². The first kappa shape index (κ1) is 16.7. The van der Waals surface area contributed by atoms with E-state index in [2.05, 4.69) is 13.8 Å². The molecule has 0 saturated carbocycles. The lowest BCUT2D eigenvalue weighted by Crippen LogP contribution is -1.27. The zero-order valence-corrected chi connectivity index (χ0v) is 5.41. The second-order valence-electron chi connectivity index (χ2n) is 0.707. The van der Waals surface area contributed by atoms with Gasteiger partial charge in [-0.15, -0.1) is 0 Å². The Morgan fingerprint density at radius 1 is 1.00 bits per heavy atom. The van der Waals surface area contributed by atoms with E-state index in [9.17, 15) is 0 Å². The van der Waals surface area contributed by atoms with Crippen molar-refractivity contribution in [3.05, 3.63) is 0 Å². The summed E-state index contributed by atoms with van der Waals surface area (Å²) in [6, 6.07) is 0. The van der Waals surface area contributed by atoms with E-state index in [1.54, 1.807) is 0 Å². The van der Waals surface area contributed by atoms with Crippen LogP contribution in [0.15, 0.2) is 0 Å². The Balaban J connectivity index is -0.0000000275. The van der Waals surface area contributed by atoms with Gasteiger partial charge >= 0.3 is 0 Å². The van der Waals surface area contributed by atoms with Crippen LogP contribution in [0.25, 0.3) is 0 Å². The van der Waals surface area contributed by atoms with Crippen LogP contribution in [0, 0.1) is 0 Å². The molecule has 0 saturated heterocycles. The summed E-state index contributed by atoms with van der Waals surface area (Å²) in [6.45, 7) is 8.25. The summed E-state index contributed by atoms with van der Waals surface area (Å²) in [5, 5.41) is 0. The summed E-state index contributed by atoms with van der Waals surface area (Å²) in [7, 11) is 0. The van der Waals surface area contributed by atoms with Crippen LogP contribution >= 0.6 is 0 Å². The van der Waals surface area contributed by atoms with Crippen LogP contribution in [0.5, 0.6) is 0 Å². The van der Waals surface area contributed by atoms with Crippen LogP contribution in [0.1, 0.15) is 34.1 Å². The third-order valence-electron chi connectivity index (χ3n) is 0. The van der Waals surface area contributed by atoms with Gasteiger partial charge in [-0.3, -0.25) is 0 Å². The Morgan fingerprint density at radius 3 is 1.00 bits per heavy atom. The molecule has 0 aromatic rings. The van der Waals surface area contributed by atoms with Crippen molar-refractivity contribution in [2.45, 2.75) is 34.1 Å². The third kappa shape index (κ3) is 21700. The number of rotatable bonds is 0. The van der Waals surface area contributed by atoms with Crippen LogP contribution in [0.2, 0.25) is 0 Å². The molecular weight excluding hydrogens is 74.1 g/mol. The Bertz CT molecular complexity index is 3.90. The molecule has 0 heterocycles. The fraction of sp³-hybridized carbons (Fsp3) is 1.00. The quantitative estimate of drug-likeness (QED) is 0.488. The van der Waals surface area contributed by atoms with Crippen LogP contribution in [-0.2, 0) is 0 Å². The molecule has 0 amide bonds. The first-order valence-electron chi connectivity index (χ1n) is 2.41. The van der Waals surface area contributed by atoms with Gasteiger partial charge in [0.2, 0.25) is 0 Å². The lowest BCUT2D eigenvalue weighted by atomic mass is 10.6. The van der Waals surface area contributed by atoms with Crippen molar-refractivity contribution < 1.29 is 0 Å². The highest BCUT2D eigenvalue weighted by Gasteiger charge is 1.35. The molecule has 6 heavy (non-hydrogen) atoms. The zero-order valence-electron chi connectivity index (χ0n) is 5.41. The van der Waals surface area contributed by atoms with Crippen molar-refractivity contribution in [3.63, 3.8) is 0 Å². The second-order valence-corrected chi connectivity index (χ2v) is 0.707. The standard InChI is InChI=1S/C3H8.C2H6.H3N/c1-3-2;1-2;/h3H2,1-2H3;1-2H3;1H3. The van der Waals surface area contributed by atoms with E-state index in [-0.39, 0.29) is 6.15 Å². The molecule has 0 aliphatic rings. The van der Waals surface area contributed by atoms with Gasteiger partial charge in [-0.05, 0) is 0 Å². The summed E-state index contributed by atoms with van der Waals surface area (Å²) < 4.78 is 0. The molecule has 0 atom stereocenters. The highest BCUT2D eigenvalue weighted by molar-refractivity contribution is 3.92. The number of hydrogen-bond donors (Lipinski definition) is 1. The van der Waals surface area contributed by atoms with E-state index in [0.717, 1.165) is 0 Å². The number of hydrogen-bond acceptors (Lipinski definition) is 1. The maximum absolute atomic E-state index is 2.12. The summed E-state index contributed by atoms with van der Waals surface area (Å²) in [5.41, 5.74) is 0. The van der Waals surface area contributed by atoms with Gasteiger partial charge in [-0.2, -0.15) is 0 Å². The molecule has 42 valence electrons. The van der Waals surface area contributed by atoms with Gasteiger partial charge in [0, 0.05) is 0 Å². The van der Waals surface area contributed by atoms with E-state index in [1.807, 2.05) is 13.8 Å². The molecule has 1 nitrogen and oxygen atoms in total. The minimum atomic E-state index is 0. The molecular formula is C5H17N. The molecule has 0 radical (unpaired) electrons. The predicted molar refractivity (Wildman–Crippen MR) is 32.3 cm³/mol. The van der Waals surface area contributed by atoms with Gasteiger partial charge < -0.3 is 6.15 Å². The lowest BCUT2D eigenvalue weighted by Gasteiger charge is -1.48. The van der Waals surface area contributed by atoms with Crippen LogP contribution < -0.4 is 6.15 Å². The van der Waals surface area contributed by atoms with Crippen LogP contribution in [-0.4, -0.2) is 0 Å². The topological polar surface area (TPSA) is 35.0 Å². The lowest BCUT2D eigenvalue weighted by molar-refractivity contribution is 1.09. The van der Waals surface area contributed by atoms with Gasteiger partial charge in [0.25, 0.3) is 0 Å². The molecule has 0 spiro atoms. The smallest absolute Gasteiger partial charge is 0.0590 e. The van der Waals surface area contributed by atoms with E-state index < -0.39 is 0 Å². The summed E-state index contributed by atoms with van der Waals surface area (Å²) in [5.74, 6) is 0. The molecule has 0 aromatic carbocycles. The van der Waals surface area contributed by atoms with Crippen molar-refractivity contribution in [1.82, 2.24) is 6.15 Å². The molecule has 0 unspecified atom stereocenters. The van der Waals surface area contributed by atoms with Gasteiger partial charge in [-0.1, -0.05) is 34.1 Å². The van der Waals surface area contributed by atoms with E-state index in [0.29, 0.717) is 0 Å². The molecule has 0 bridgehead atoms. The predicted octanol–water partition coefficient (Wildman–Crippen LogP) is 2.60. The first-order valence-corrected chi connectivity index (χ1v) is 2.41. The maximum Gasteiger partial charge on any atom is -0.0590 e. The van der Waals surface area contributed by atoms with Crippen molar-refractivity contribution in [2.24, 2.45) is 0 Å². The molecule has 0 rings (SSSR count). The van der Waals surface area contributed by atoms with Gasteiger partial charge in [0.15, 0.2) is 0 Å². The summed E-state index contributed by atoms with van der Waals surface area (Å²) in [6.07, 6.45) is 1.25. The molecule has 3 N–H and O–H groups in total. The van der Waals surface area contributed by atoms with Gasteiger partial charge in [0.05, 0.1) is 0 Å². The van der Waals surface area contributed by atoms with Crippen molar-refractivity contribution in [1.29, 1.82) is 0 Å². The Morgan fingerprint density at radius 2 is 1.00 bits per heavy atom. The van der Waals surface area contributed by atoms with Crippen LogP contribution in [0.3, 0.4) is 0 Å². The first-order chi connectivity index (χ1) is 2.41. The minimum Gasteiger partial charge on any atom is -0.344 e. The van der Waals surface area contributed by atoms with Crippen molar-refractivity contribution in [2.75, 3.05) is 0 Å². The Hall–Kier alpha value is -0.0400. The highest BCUT2D eigenvalue weighted by Crippen LogP contribution is 1.56. The van der Waals surface area contributed by atoms with Crippen molar-refractivity contribution in [3.8, 4) is 0 Å². The van der Waals surface area contributed by atoms with E-state index in [4.69, 9.17) is 0 Å². The zero-order chi connectivity index (χ0) is 4.71. The van der Waals surface area contributed by atoms with E-state index in [1.165, 1.54) is 6.42 Å². The largest absolute Gasteiger partial charge is 0.344 e. The normalized spacial score (nSPS) is 4.00. The van der Waals surface area contributed by atoms with Gasteiger partial charge in [-0.25, -0.2) is 0 Å². The average Bonchev–Trinajstić information content (AvgIpc) is 1.46. The molecule has 0 aliphatic carbocycles. The Labute approximate surface area is 41.3 Å². The second kappa shape index (κ2) is 84.4. The minimum absolute atomic E-state index is 0. The third-order valence-corrected chi connectivity index (χ3v) is 0. The molecule has 0 fully saturated rings. The maximum atomic E-state index is 2.12. The SMILES string of the molecule is CC.CCC.N. The fourth-order valence-electron chi connectivity index (χ4n) is 0. The monoisotopic (exact) mass is 91.1 g/mol. The molecule has 0 aliphatic heterocycles. The van der Waals surface area contributed by atoms with Crippen LogP contribution in [0.4, 0.5) is 0 Å². The Kier molecular flexibility index (Phi) is 235. The highest BCUT2D eigenvalue weighted by atomic mass is 14.0. The molecule has 1 heteroatoms. The molecule has 0 aromatic heterocycles. The average molecular weight is 91.2 g/mol. The van der Waals surface area contributed by atoms with E-state index >= 15 is 0 Å². The summed E-state index contributed by atoms with van der Waals surface area (Å²) in [4.78, 5) is 0. The fourth-order valence-corrected chi connectivity index (χ4v) is 0.